The molecule has 6 nitrogen and oxygen atoms in total. The van der Waals surface area contributed by atoms with Gasteiger partial charge in [-0.3, -0.25) is 0 Å². The molecule has 0 spiro atoms. The molecule has 0 saturated heterocycles. The second kappa shape index (κ2) is 5.55. The van der Waals surface area contributed by atoms with Crippen LogP contribution in [0.2, 0.25) is 0 Å². The number of esters is 1. The summed E-state index contributed by atoms with van der Waals surface area (Å²) >= 11 is 0. The monoisotopic (exact) mass is 297 g/mol. The fourth-order valence-corrected chi connectivity index (χ4v) is 2.29. The van der Waals surface area contributed by atoms with E-state index >= 15 is 0 Å². The molecule has 2 aromatic heterocycles. The van der Waals surface area contributed by atoms with E-state index in [1.807, 2.05) is 26.0 Å². The van der Waals surface area contributed by atoms with Gasteiger partial charge < -0.3 is 9.15 Å². The Morgan fingerprint density at radius 1 is 1.23 bits per heavy atom. The summed E-state index contributed by atoms with van der Waals surface area (Å²) in [5, 5.41) is 0. The first kappa shape index (κ1) is 14.2. The van der Waals surface area contributed by atoms with Crippen molar-refractivity contribution in [2.24, 2.45) is 0 Å². The summed E-state index contributed by atoms with van der Waals surface area (Å²) in [5.41, 5.74) is 4.23. The van der Waals surface area contributed by atoms with Crippen LogP contribution in [0.15, 0.2) is 28.9 Å². The SMILES string of the molecule is CCOC(=O)c1cc(-c2cc(C)c3oc(C)nc3c2)ncn1. The van der Waals surface area contributed by atoms with Gasteiger partial charge in [0.15, 0.2) is 17.2 Å². The van der Waals surface area contributed by atoms with Crippen molar-refractivity contribution in [1.82, 2.24) is 15.0 Å². The highest BCUT2D eigenvalue weighted by Gasteiger charge is 2.13. The Morgan fingerprint density at radius 3 is 2.82 bits per heavy atom. The zero-order chi connectivity index (χ0) is 15.7. The van der Waals surface area contributed by atoms with Crippen molar-refractivity contribution >= 4 is 17.1 Å². The van der Waals surface area contributed by atoms with Gasteiger partial charge in [-0.25, -0.2) is 19.7 Å². The Hall–Kier alpha value is -2.76. The third-order valence-corrected chi connectivity index (χ3v) is 3.23. The van der Waals surface area contributed by atoms with Crippen LogP contribution in [0.4, 0.5) is 0 Å². The molecule has 0 aliphatic carbocycles. The van der Waals surface area contributed by atoms with Crippen LogP contribution < -0.4 is 0 Å². The van der Waals surface area contributed by atoms with E-state index in [1.54, 1.807) is 13.0 Å². The number of aryl methyl sites for hydroxylation is 2. The number of ether oxygens (including phenoxy) is 1. The zero-order valence-electron chi connectivity index (χ0n) is 12.6. The minimum Gasteiger partial charge on any atom is -0.461 e. The highest BCUT2D eigenvalue weighted by atomic mass is 16.5. The van der Waals surface area contributed by atoms with E-state index in [0.717, 1.165) is 22.2 Å². The van der Waals surface area contributed by atoms with Gasteiger partial charge in [0.05, 0.1) is 12.3 Å². The first-order chi connectivity index (χ1) is 10.6. The van der Waals surface area contributed by atoms with Crippen molar-refractivity contribution < 1.29 is 13.9 Å². The van der Waals surface area contributed by atoms with E-state index < -0.39 is 5.97 Å². The van der Waals surface area contributed by atoms with Crippen molar-refractivity contribution in [3.05, 3.63) is 41.7 Å². The van der Waals surface area contributed by atoms with Gasteiger partial charge in [-0.05, 0) is 37.6 Å². The Balaban J connectivity index is 2.07. The summed E-state index contributed by atoms with van der Waals surface area (Å²) in [6.07, 6.45) is 1.36. The zero-order valence-corrected chi connectivity index (χ0v) is 12.6. The molecule has 1 aromatic carbocycles. The molecule has 0 atom stereocenters. The molecule has 0 bridgehead atoms. The molecule has 112 valence electrons. The van der Waals surface area contributed by atoms with Crippen LogP contribution in [-0.4, -0.2) is 27.5 Å². The molecule has 0 unspecified atom stereocenters. The molecule has 22 heavy (non-hydrogen) atoms. The molecular formula is C16H15N3O3. The van der Waals surface area contributed by atoms with Gasteiger partial charge in [-0.2, -0.15) is 0 Å². The standard InChI is InChI=1S/C16H15N3O3/c1-4-21-16(20)14-7-12(17-8-18-14)11-5-9(2)15-13(6-11)19-10(3)22-15/h5-8H,4H2,1-3H3. The number of oxazole rings is 1. The number of aromatic nitrogens is 3. The van der Waals surface area contributed by atoms with E-state index in [4.69, 9.17) is 9.15 Å². The van der Waals surface area contributed by atoms with Crippen molar-refractivity contribution in [2.75, 3.05) is 6.61 Å². The molecule has 0 N–H and O–H groups in total. The van der Waals surface area contributed by atoms with E-state index in [0.29, 0.717) is 18.2 Å². The van der Waals surface area contributed by atoms with Gasteiger partial charge in [0.2, 0.25) is 0 Å². The molecule has 0 radical (unpaired) electrons. The second-order valence-electron chi connectivity index (χ2n) is 4.88. The van der Waals surface area contributed by atoms with Crippen LogP contribution in [0.3, 0.4) is 0 Å². The quantitative estimate of drug-likeness (QED) is 0.691. The summed E-state index contributed by atoms with van der Waals surface area (Å²) in [5.74, 6) is 0.159. The first-order valence-corrected chi connectivity index (χ1v) is 6.96. The molecule has 6 heteroatoms. The average molecular weight is 297 g/mol. The molecule has 0 amide bonds. The van der Waals surface area contributed by atoms with Crippen LogP contribution in [-0.2, 0) is 4.74 Å². The topological polar surface area (TPSA) is 78.1 Å². The second-order valence-corrected chi connectivity index (χ2v) is 4.88. The lowest BCUT2D eigenvalue weighted by Crippen LogP contribution is -2.07. The fraction of sp³-hybridized carbons (Fsp3) is 0.250. The number of fused-ring (bicyclic) bond motifs is 1. The normalized spacial score (nSPS) is 10.9. The van der Waals surface area contributed by atoms with Gasteiger partial charge in [-0.15, -0.1) is 0 Å². The van der Waals surface area contributed by atoms with Gasteiger partial charge in [0.25, 0.3) is 0 Å². The van der Waals surface area contributed by atoms with Gasteiger partial charge in [-0.1, -0.05) is 0 Å². The lowest BCUT2D eigenvalue weighted by Gasteiger charge is -2.05. The van der Waals surface area contributed by atoms with Gasteiger partial charge in [0, 0.05) is 12.5 Å². The molecule has 0 fully saturated rings. The van der Waals surface area contributed by atoms with Crippen LogP contribution in [0.1, 0.15) is 28.9 Å². The number of nitrogens with zero attached hydrogens (tertiary/aromatic N) is 3. The Labute approximate surface area is 127 Å². The number of carbonyl (C=O) groups excluding carboxylic acids is 1. The Morgan fingerprint density at radius 2 is 2.05 bits per heavy atom. The lowest BCUT2D eigenvalue weighted by atomic mass is 10.1. The summed E-state index contributed by atoms with van der Waals surface area (Å²) < 4.78 is 10.5. The Bertz CT molecular complexity index is 855. The Kier molecular flexibility index (Phi) is 3.58. The minimum atomic E-state index is -0.457. The first-order valence-electron chi connectivity index (χ1n) is 6.96. The molecule has 0 aliphatic heterocycles. The number of hydrogen-bond donors (Lipinski definition) is 0. The van der Waals surface area contributed by atoms with Crippen molar-refractivity contribution in [3.63, 3.8) is 0 Å². The summed E-state index contributed by atoms with van der Waals surface area (Å²) in [6, 6.07) is 5.45. The highest BCUT2D eigenvalue weighted by Crippen LogP contribution is 2.27. The van der Waals surface area contributed by atoms with E-state index in [-0.39, 0.29) is 5.69 Å². The number of benzene rings is 1. The molecular weight excluding hydrogens is 282 g/mol. The molecule has 0 saturated carbocycles. The van der Waals surface area contributed by atoms with Crippen molar-refractivity contribution in [1.29, 1.82) is 0 Å². The van der Waals surface area contributed by atoms with Crippen LogP contribution in [0.25, 0.3) is 22.4 Å². The average Bonchev–Trinajstić information content (AvgIpc) is 2.88. The maximum Gasteiger partial charge on any atom is 0.357 e. The summed E-state index contributed by atoms with van der Waals surface area (Å²) in [6.45, 7) is 5.82. The smallest absolute Gasteiger partial charge is 0.357 e. The summed E-state index contributed by atoms with van der Waals surface area (Å²) in [4.78, 5) is 24.3. The number of hydrogen-bond acceptors (Lipinski definition) is 6. The maximum atomic E-state index is 11.8. The summed E-state index contributed by atoms with van der Waals surface area (Å²) in [7, 11) is 0. The molecule has 0 aliphatic rings. The van der Waals surface area contributed by atoms with Crippen LogP contribution in [0, 0.1) is 13.8 Å². The van der Waals surface area contributed by atoms with Crippen molar-refractivity contribution in [2.45, 2.75) is 20.8 Å². The molecule has 2 heterocycles. The molecule has 3 aromatic rings. The van der Waals surface area contributed by atoms with E-state index in [1.165, 1.54) is 6.33 Å². The predicted octanol–water partition coefficient (Wildman–Crippen LogP) is 3.08. The van der Waals surface area contributed by atoms with Crippen LogP contribution in [0.5, 0.6) is 0 Å². The largest absolute Gasteiger partial charge is 0.461 e. The highest BCUT2D eigenvalue weighted by molar-refractivity contribution is 5.89. The van der Waals surface area contributed by atoms with E-state index in [2.05, 4.69) is 15.0 Å². The maximum absolute atomic E-state index is 11.8. The fourth-order valence-electron chi connectivity index (χ4n) is 2.29. The molecule has 3 rings (SSSR count). The predicted molar refractivity (Wildman–Crippen MR) is 80.5 cm³/mol. The lowest BCUT2D eigenvalue weighted by molar-refractivity contribution is 0.0519. The van der Waals surface area contributed by atoms with Gasteiger partial charge >= 0.3 is 5.97 Å². The number of rotatable bonds is 3. The minimum absolute atomic E-state index is 0.237. The van der Waals surface area contributed by atoms with E-state index in [9.17, 15) is 4.79 Å². The van der Waals surface area contributed by atoms with Gasteiger partial charge in [0.1, 0.15) is 11.8 Å². The number of carbonyl (C=O) groups is 1. The third kappa shape index (κ3) is 2.55. The van der Waals surface area contributed by atoms with Crippen molar-refractivity contribution in [3.8, 4) is 11.3 Å². The van der Waals surface area contributed by atoms with Crippen LogP contribution >= 0.6 is 0 Å². The third-order valence-electron chi connectivity index (χ3n) is 3.23.